The first-order valence-electron chi connectivity index (χ1n) is 15.5. The molecule has 0 bridgehead atoms. The molecule has 1 atom stereocenters. The smallest absolute Gasteiger partial charge is 0.332 e. The molecule has 2 fully saturated rings. The molecule has 0 unspecified atom stereocenters. The van der Waals surface area contributed by atoms with Crippen molar-refractivity contribution >= 4 is 17.6 Å². The number of hydrogen-bond acceptors (Lipinski definition) is 10. The molecule has 2 aromatic rings. The lowest BCUT2D eigenvalue weighted by molar-refractivity contribution is -0.160. The van der Waals surface area contributed by atoms with Crippen LogP contribution in [0.1, 0.15) is 71.8 Å². The molecule has 0 amide bonds. The Bertz CT molecular complexity index is 1240. The number of nitrogens with one attached hydrogen (secondary N) is 3. The van der Waals surface area contributed by atoms with Crippen molar-refractivity contribution in [1.29, 1.82) is 5.26 Å². The molecule has 3 N–H and O–H groups in total. The van der Waals surface area contributed by atoms with Crippen molar-refractivity contribution in [1.82, 2.24) is 15.3 Å². The Morgan fingerprint density at radius 3 is 2.58 bits per heavy atom. The number of carbonyl (C=O) groups excluding carboxylic acids is 1. The lowest BCUT2D eigenvalue weighted by Gasteiger charge is -2.32. The summed E-state index contributed by atoms with van der Waals surface area (Å²) < 4.78 is 16.3. The summed E-state index contributed by atoms with van der Waals surface area (Å²) in [5, 5.41) is 20.5. The van der Waals surface area contributed by atoms with Gasteiger partial charge in [0.05, 0.1) is 23.8 Å². The number of rotatable bonds is 12. The summed E-state index contributed by atoms with van der Waals surface area (Å²) in [5.41, 5.74) is 2.06. The van der Waals surface area contributed by atoms with E-state index in [2.05, 4.69) is 46.9 Å². The van der Waals surface area contributed by atoms with Crippen LogP contribution in [0.3, 0.4) is 0 Å². The highest BCUT2D eigenvalue weighted by molar-refractivity contribution is 5.71. The average molecular weight is 593 g/mol. The summed E-state index contributed by atoms with van der Waals surface area (Å²) in [6, 6.07) is 11.5. The van der Waals surface area contributed by atoms with Gasteiger partial charge >= 0.3 is 5.97 Å². The van der Waals surface area contributed by atoms with Crippen molar-refractivity contribution < 1.29 is 19.0 Å². The predicted molar refractivity (Wildman–Crippen MR) is 168 cm³/mol. The number of esters is 1. The maximum absolute atomic E-state index is 11.9. The third-order valence-electron chi connectivity index (χ3n) is 8.03. The molecule has 0 spiro atoms. The molecule has 2 aliphatic rings. The zero-order valence-corrected chi connectivity index (χ0v) is 26.4. The lowest BCUT2D eigenvalue weighted by Crippen LogP contribution is -2.43. The molecular weight excluding hydrogens is 544 g/mol. The van der Waals surface area contributed by atoms with Crippen LogP contribution in [0.15, 0.2) is 30.5 Å². The van der Waals surface area contributed by atoms with E-state index in [4.69, 9.17) is 19.2 Å². The molecule has 234 valence electrons. The molecule has 4 rings (SSSR count). The highest BCUT2D eigenvalue weighted by Crippen LogP contribution is 2.31. The minimum absolute atomic E-state index is 0.0282. The average Bonchev–Trinajstić information content (AvgIpc) is 2.98. The van der Waals surface area contributed by atoms with E-state index in [-0.39, 0.29) is 18.6 Å². The Balaban J connectivity index is 1.25. The van der Waals surface area contributed by atoms with E-state index in [1.165, 1.54) is 0 Å². The van der Waals surface area contributed by atoms with E-state index in [0.29, 0.717) is 38.4 Å². The van der Waals surface area contributed by atoms with E-state index < -0.39 is 11.0 Å². The number of nitrogens with zero attached hydrogens (tertiary/aromatic N) is 3. The van der Waals surface area contributed by atoms with Crippen molar-refractivity contribution in [3.63, 3.8) is 0 Å². The standard InChI is InChI=1S/C33H48N6O4/c1-23-18-35-30(17-27(23)28-7-6-8-29(39-28)36-22-33(21-34)13-15-41-16-14-33)38-26-11-9-25(10-12-26)37-24(2)19-42-20-31(40)43-32(3,4)5/h6-8,17-18,24-26,37H,9-16,19-20,22H2,1-5H3,(H,35,38)(H,36,39)/t24-,25?,26?/m1/s1. The largest absolute Gasteiger partial charge is 0.458 e. The molecule has 10 nitrogen and oxygen atoms in total. The number of hydrogen-bond donors (Lipinski definition) is 3. The van der Waals surface area contributed by atoms with Gasteiger partial charge in [0.1, 0.15) is 23.8 Å². The summed E-state index contributed by atoms with van der Waals surface area (Å²) in [6.45, 7) is 11.9. The van der Waals surface area contributed by atoms with Gasteiger partial charge in [-0.3, -0.25) is 0 Å². The van der Waals surface area contributed by atoms with Crippen LogP contribution in [-0.2, 0) is 19.0 Å². The summed E-state index contributed by atoms with van der Waals surface area (Å²) in [5.74, 6) is 1.28. The van der Waals surface area contributed by atoms with Crippen LogP contribution in [0.4, 0.5) is 11.6 Å². The number of aromatic nitrogens is 2. The molecule has 0 radical (unpaired) electrons. The molecule has 2 aromatic heterocycles. The van der Waals surface area contributed by atoms with Crippen molar-refractivity contribution in [2.75, 3.05) is 43.6 Å². The molecular formula is C33H48N6O4. The Hall–Kier alpha value is -3.26. The monoisotopic (exact) mass is 592 g/mol. The number of anilines is 2. The van der Waals surface area contributed by atoms with Gasteiger partial charge in [-0.25, -0.2) is 14.8 Å². The predicted octanol–water partition coefficient (Wildman–Crippen LogP) is 5.24. The lowest BCUT2D eigenvalue weighted by atomic mass is 9.82. The number of nitriles is 1. The Labute approximate surface area is 256 Å². The van der Waals surface area contributed by atoms with Crippen LogP contribution in [0.2, 0.25) is 0 Å². The van der Waals surface area contributed by atoms with Crippen LogP contribution >= 0.6 is 0 Å². The van der Waals surface area contributed by atoms with Crippen molar-refractivity contribution in [3.05, 3.63) is 36.0 Å². The van der Waals surface area contributed by atoms with Gasteiger partial charge in [0.15, 0.2) is 0 Å². The first kappa shape index (κ1) is 32.6. The van der Waals surface area contributed by atoms with Crippen molar-refractivity contribution in [2.24, 2.45) is 5.41 Å². The van der Waals surface area contributed by atoms with E-state index in [1.54, 1.807) is 0 Å². The first-order valence-corrected chi connectivity index (χ1v) is 15.5. The number of aryl methyl sites for hydroxylation is 1. The third-order valence-corrected chi connectivity index (χ3v) is 8.03. The van der Waals surface area contributed by atoms with Crippen LogP contribution in [0, 0.1) is 23.7 Å². The van der Waals surface area contributed by atoms with E-state index in [0.717, 1.165) is 67.0 Å². The second kappa shape index (κ2) is 15.0. The molecule has 1 aliphatic carbocycles. The molecule has 43 heavy (non-hydrogen) atoms. The topological polar surface area (TPSA) is 130 Å². The Kier molecular flexibility index (Phi) is 11.4. The van der Waals surface area contributed by atoms with Crippen LogP contribution < -0.4 is 16.0 Å². The summed E-state index contributed by atoms with van der Waals surface area (Å²) in [4.78, 5) is 21.4. The first-order chi connectivity index (χ1) is 20.5. The quantitative estimate of drug-likeness (QED) is 0.281. The molecule has 0 aromatic carbocycles. The van der Waals surface area contributed by atoms with Gasteiger partial charge in [0.25, 0.3) is 0 Å². The highest BCUT2D eigenvalue weighted by atomic mass is 16.6. The molecule has 3 heterocycles. The molecule has 1 saturated carbocycles. The van der Waals surface area contributed by atoms with Crippen molar-refractivity contribution in [2.45, 2.75) is 96.9 Å². The summed E-state index contributed by atoms with van der Waals surface area (Å²) >= 11 is 0. The number of ether oxygens (including phenoxy) is 3. The molecule has 10 heteroatoms. The van der Waals surface area contributed by atoms with Crippen LogP contribution in [-0.4, -0.2) is 72.6 Å². The van der Waals surface area contributed by atoms with Crippen LogP contribution in [0.5, 0.6) is 0 Å². The normalized spacial score (nSPS) is 20.9. The second-order valence-electron chi connectivity index (χ2n) is 13.0. The van der Waals surface area contributed by atoms with E-state index in [1.807, 2.05) is 45.2 Å². The van der Waals surface area contributed by atoms with E-state index in [9.17, 15) is 10.1 Å². The zero-order valence-electron chi connectivity index (χ0n) is 26.4. The molecule has 1 aliphatic heterocycles. The van der Waals surface area contributed by atoms with Crippen LogP contribution in [0.25, 0.3) is 11.3 Å². The summed E-state index contributed by atoms with van der Waals surface area (Å²) in [7, 11) is 0. The maximum Gasteiger partial charge on any atom is 0.332 e. The van der Waals surface area contributed by atoms with Gasteiger partial charge in [-0.15, -0.1) is 0 Å². The maximum atomic E-state index is 11.9. The fourth-order valence-corrected chi connectivity index (χ4v) is 5.67. The fourth-order valence-electron chi connectivity index (χ4n) is 5.67. The van der Waals surface area contributed by atoms with Gasteiger partial charge in [0.2, 0.25) is 0 Å². The third kappa shape index (κ3) is 10.2. The highest BCUT2D eigenvalue weighted by Gasteiger charge is 2.32. The number of pyridine rings is 2. The van der Waals surface area contributed by atoms with Gasteiger partial charge in [-0.05, 0) is 96.9 Å². The van der Waals surface area contributed by atoms with Gasteiger partial charge in [-0.1, -0.05) is 6.07 Å². The minimum Gasteiger partial charge on any atom is -0.458 e. The van der Waals surface area contributed by atoms with Gasteiger partial charge in [0, 0.05) is 49.6 Å². The Morgan fingerprint density at radius 1 is 1.16 bits per heavy atom. The number of carbonyl (C=O) groups is 1. The zero-order chi connectivity index (χ0) is 30.9. The SMILES string of the molecule is Cc1cnc(NC2CCC(N[C@H](C)COCC(=O)OC(C)(C)C)CC2)cc1-c1cccc(NCC2(C#N)CCOCC2)n1. The van der Waals surface area contributed by atoms with E-state index >= 15 is 0 Å². The van der Waals surface area contributed by atoms with Gasteiger partial charge < -0.3 is 30.2 Å². The van der Waals surface area contributed by atoms with Gasteiger partial charge in [-0.2, -0.15) is 5.26 Å². The van der Waals surface area contributed by atoms with Crippen molar-refractivity contribution in [3.8, 4) is 17.3 Å². The molecule has 1 saturated heterocycles. The minimum atomic E-state index is -0.500. The summed E-state index contributed by atoms with van der Waals surface area (Å²) in [6.07, 6.45) is 7.55. The Morgan fingerprint density at radius 2 is 1.88 bits per heavy atom. The second-order valence-corrected chi connectivity index (χ2v) is 13.0. The fraction of sp³-hybridized carbons (Fsp3) is 0.636.